The third-order valence-electron chi connectivity index (χ3n) is 5.62. The molecule has 23 heavy (non-hydrogen) atoms. The number of nitrogens with zero attached hydrogens (tertiary/aromatic N) is 1. The number of hydrogen-bond acceptors (Lipinski definition) is 2. The molecule has 2 aliphatic rings. The molecule has 0 radical (unpaired) electrons. The van der Waals surface area contributed by atoms with Gasteiger partial charge >= 0.3 is 0 Å². The van der Waals surface area contributed by atoms with Crippen molar-refractivity contribution in [2.75, 3.05) is 13.1 Å². The zero-order chi connectivity index (χ0) is 15.9. The van der Waals surface area contributed by atoms with Crippen LogP contribution in [0.4, 0.5) is 0 Å². The first-order chi connectivity index (χ1) is 11.2. The fourth-order valence-electron chi connectivity index (χ4n) is 4.49. The SMILES string of the molecule is OC1(c2ccc(Br)cc2)C2CCC1CN(Cc1ccccc1)C2. The molecule has 0 spiro atoms. The van der Waals surface area contributed by atoms with Crippen molar-refractivity contribution in [1.82, 2.24) is 4.90 Å². The van der Waals surface area contributed by atoms with Gasteiger partial charge in [-0.15, -0.1) is 0 Å². The molecule has 2 aromatic carbocycles. The lowest BCUT2D eigenvalue weighted by Crippen LogP contribution is -2.51. The minimum Gasteiger partial charge on any atom is -0.384 e. The van der Waals surface area contributed by atoms with E-state index in [4.69, 9.17) is 0 Å². The van der Waals surface area contributed by atoms with Gasteiger partial charge in [0, 0.05) is 35.9 Å². The summed E-state index contributed by atoms with van der Waals surface area (Å²) in [5, 5.41) is 11.5. The van der Waals surface area contributed by atoms with E-state index in [1.165, 1.54) is 5.56 Å². The number of fused-ring (bicyclic) bond motifs is 2. The summed E-state index contributed by atoms with van der Waals surface area (Å²) in [5.41, 5.74) is 1.81. The molecular formula is C20H22BrNO. The Kier molecular flexibility index (Phi) is 4.04. The van der Waals surface area contributed by atoms with Crippen LogP contribution in [-0.2, 0) is 12.1 Å². The molecular weight excluding hydrogens is 350 g/mol. The van der Waals surface area contributed by atoms with Crippen LogP contribution in [0.3, 0.4) is 0 Å². The minimum atomic E-state index is -0.645. The highest BCUT2D eigenvalue weighted by molar-refractivity contribution is 9.10. The Hall–Kier alpha value is -1.16. The number of benzene rings is 2. The summed E-state index contributed by atoms with van der Waals surface area (Å²) in [5.74, 6) is 0.678. The highest BCUT2D eigenvalue weighted by Gasteiger charge is 2.53. The van der Waals surface area contributed by atoms with E-state index in [0.29, 0.717) is 11.8 Å². The van der Waals surface area contributed by atoms with Crippen LogP contribution in [0.15, 0.2) is 59.1 Å². The van der Waals surface area contributed by atoms with Crippen molar-refractivity contribution in [1.29, 1.82) is 0 Å². The van der Waals surface area contributed by atoms with Crippen LogP contribution in [0.5, 0.6) is 0 Å². The molecule has 120 valence electrons. The predicted molar refractivity (Wildman–Crippen MR) is 96.0 cm³/mol. The van der Waals surface area contributed by atoms with E-state index >= 15 is 0 Å². The number of rotatable bonds is 3. The van der Waals surface area contributed by atoms with E-state index in [0.717, 1.165) is 42.5 Å². The molecule has 4 rings (SSSR count). The quantitative estimate of drug-likeness (QED) is 0.874. The molecule has 1 saturated heterocycles. The molecule has 2 nitrogen and oxygen atoms in total. The zero-order valence-corrected chi connectivity index (χ0v) is 14.7. The van der Waals surface area contributed by atoms with Crippen molar-refractivity contribution < 1.29 is 5.11 Å². The van der Waals surface area contributed by atoms with Gasteiger partial charge in [-0.05, 0) is 36.1 Å². The second-order valence-corrected chi connectivity index (χ2v) is 7.90. The first kappa shape index (κ1) is 15.4. The minimum absolute atomic E-state index is 0.339. The Morgan fingerprint density at radius 3 is 2.17 bits per heavy atom. The van der Waals surface area contributed by atoms with Crippen LogP contribution in [0.25, 0.3) is 0 Å². The summed E-state index contributed by atoms with van der Waals surface area (Å²) >= 11 is 3.49. The lowest BCUT2D eigenvalue weighted by Gasteiger charge is -2.45. The van der Waals surface area contributed by atoms with Gasteiger partial charge in [-0.25, -0.2) is 0 Å². The van der Waals surface area contributed by atoms with Gasteiger partial charge in [-0.2, -0.15) is 0 Å². The van der Waals surface area contributed by atoms with Crippen LogP contribution in [0.1, 0.15) is 24.0 Å². The summed E-state index contributed by atoms with van der Waals surface area (Å²) in [6.07, 6.45) is 2.26. The van der Waals surface area contributed by atoms with Gasteiger partial charge in [0.1, 0.15) is 0 Å². The number of likely N-dealkylation sites (tertiary alicyclic amines) is 1. The maximum absolute atomic E-state index is 11.5. The highest BCUT2D eigenvalue weighted by atomic mass is 79.9. The highest BCUT2D eigenvalue weighted by Crippen LogP contribution is 2.51. The summed E-state index contributed by atoms with van der Waals surface area (Å²) < 4.78 is 1.07. The summed E-state index contributed by atoms with van der Waals surface area (Å²) in [6, 6.07) is 18.9. The number of aliphatic hydroxyl groups is 1. The first-order valence-corrected chi connectivity index (χ1v) is 9.20. The Labute approximate surface area is 146 Å². The van der Waals surface area contributed by atoms with Crippen molar-refractivity contribution in [3.8, 4) is 0 Å². The second kappa shape index (κ2) is 6.04. The van der Waals surface area contributed by atoms with E-state index in [9.17, 15) is 5.11 Å². The standard InChI is InChI=1S/C20H22BrNO/c21-19-10-8-16(9-11-19)20(23)17-6-7-18(20)14-22(13-17)12-15-4-2-1-3-5-15/h1-5,8-11,17-18,23H,6-7,12-14H2. The molecule has 2 bridgehead atoms. The predicted octanol–water partition coefficient (Wildman–Crippen LogP) is 4.18. The summed E-state index contributed by atoms with van der Waals surface area (Å²) in [6.45, 7) is 2.96. The zero-order valence-electron chi connectivity index (χ0n) is 13.2. The molecule has 0 amide bonds. The molecule has 1 aliphatic heterocycles. The van der Waals surface area contributed by atoms with E-state index in [-0.39, 0.29) is 0 Å². The van der Waals surface area contributed by atoms with Gasteiger partial charge in [-0.1, -0.05) is 58.4 Å². The Bertz CT molecular complexity index is 656. The number of hydrogen-bond donors (Lipinski definition) is 1. The van der Waals surface area contributed by atoms with Gasteiger partial charge in [0.25, 0.3) is 0 Å². The van der Waals surface area contributed by atoms with Gasteiger partial charge in [0.05, 0.1) is 5.60 Å². The fourth-order valence-corrected chi connectivity index (χ4v) is 4.76. The van der Waals surface area contributed by atoms with E-state index in [1.54, 1.807) is 0 Å². The van der Waals surface area contributed by atoms with Crippen molar-refractivity contribution in [2.45, 2.75) is 25.0 Å². The number of halogens is 1. The maximum atomic E-state index is 11.5. The number of piperidine rings is 1. The summed E-state index contributed by atoms with van der Waals surface area (Å²) in [4.78, 5) is 2.52. The fraction of sp³-hybridized carbons (Fsp3) is 0.400. The smallest absolute Gasteiger partial charge is 0.0976 e. The average Bonchev–Trinajstić information content (AvgIpc) is 2.74. The molecule has 1 aliphatic carbocycles. The van der Waals surface area contributed by atoms with E-state index in [1.807, 2.05) is 12.1 Å². The molecule has 2 atom stereocenters. The first-order valence-electron chi connectivity index (χ1n) is 8.41. The van der Waals surface area contributed by atoms with Crippen LogP contribution >= 0.6 is 15.9 Å². The van der Waals surface area contributed by atoms with Crippen LogP contribution in [0.2, 0.25) is 0 Å². The Balaban J connectivity index is 1.55. The van der Waals surface area contributed by atoms with Gasteiger partial charge in [0.15, 0.2) is 0 Å². The monoisotopic (exact) mass is 371 g/mol. The molecule has 1 saturated carbocycles. The van der Waals surface area contributed by atoms with Crippen molar-refractivity contribution in [3.63, 3.8) is 0 Å². The topological polar surface area (TPSA) is 23.5 Å². The van der Waals surface area contributed by atoms with Crippen LogP contribution in [0, 0.1) is 11.8 Å². The Morgan fingerprint density at radius 2 is 1.57 bits per heavy atom. The van der Waals surface area contributed by atoms with Gasteiger partial charge in [0.2, 0.25) is 0 Å². The lowest BCUT2D eigenvalue weighted by atomic mass is 9.75. The average molecular weight is 372 g/mol. The largest absolute Gasteiger partial charge is 0.384 e. The molecule has 1 heterocycles. The van der Waals surface area contributed by atoms with Crippen molar-refractivity contribution >= 4 is 15.9 Å². The molecule has 3 heteroatoms. The second-order valence-electron chi connectivity index (χ2n) is 6.98. The van der Waals surface area contributed by atoms with Crippen LogP contribution < -0.4 is 0 Å². The molecule has 2 fully saturated rings. The summed E-state index contributed by atoms with van der Waals surface area (Å²) in [7, 11) is 0. The van der Waals surface area contributed by atoms with Gasteiger partial charge < -0.3 is 5.11 Å². The maximum Gasteiger partial charge on any atom is 0.0976 e. The van der Waals surface area contributed by atoms with Crippen molar-refractivity contribution in [2.24, 2.45) is 11.8 Å². The molecule has 0 aromatic heterocycles. The molecule has 2 unspecified atom stereocenters. The van der Waals surface area contributed by atoms with Crippen molar-refractivity contribution in [3.05, 3.63) is 70.2 Å². The van der Waals surface area contributed by atoms with E-state index in [2.05, 4.69) is 63.3 Å². The van der Waals surface area contributed by atoms with Crippen LogP contribution in [-0.4, -0.2) is 23.1 Å². The normalized spacial score (nSPS) is 30.5. The molecule has 2 aromatic rings. The Morgan fingerprint density at radius 1 is 0.957 bits per heavy atom. The van der Waals surface area contributed by atoms with Gasteiger partial charge in [-0.3, -0.25) is 4.90 Å². The third kappa shape index (κ3) is 2.75. The third-order valence-corrected chi connectivity index (χ3v) is 6.15. The lowest BCUT2D eigenvalue weighted by molar-refractivity contribution is -0.0914. The molecule has 1 N–H and O–H groups in total. The van der Waals surface area contributed by atoms with E-state index < -0.39 is 5.60 Å².